The van der Waals surface area contributed by atoms with Gasteiger partial charge in [0, 0.05) is 42.5 Å². The summed E-state index contributed by atoms with van der Waals surface area (Å²) in [6.07, 6.45) is 6.08. The van der Waals surface area contributed by atoms with Crippen LogP contribution in [0.15, 0.2) is 41.2 Å². The van der Waals surface area contributed by atoms with E-state index in [-0.39, 0.29) is 0 Å². The average molecular weight is 291 g/mol. The van der Waals surface area contributed by atoms with Crippen LogP contribution in [0, 0.1) is 0 Å². The van der Waals surface area contributed by atoms with Crippen molar-refractivity contribution in [3.05, 3.63) is 52.9 Å². The Morgan fingerprint density at radius 3 is 2.90 bits per heavy atom. The van der Waals surface area contributed by atoms with Crippen molar-refractivity contribution in [3.8, 4) is 0 Å². The van der Waals surface area contributed by atoms with Crippen LogP contribution in [0.3, 0.4) is 0 Å². The van der Waals surface area contributed by atoms with Crippen LogP contribution in [-0.2, 0) is 13.1 Å². The molecule has 0 amide bonds. The first kappa shape index (κ1) is 13.5. The molecule has 0 unspecified atom stereocenters. The van der Waals surface area contributed by atoms with Gasteiger partial charge in [-0.1, -0.05) is 17.7 Å². The fourth-order valence-corrected chi connectivity index (χ4v) is 2.49. The second kappa shape index (κ2) is 5.90. The Kier molecular flexibility index (Phi) is 3.99. The van der Waals surface area contributed by atoms with Crippen LogP contribution in [0.5, 0.6) is 0 Å². The molecule has 1 aromatic heterocycles. The minimum atomic E-state index is 0.706. The summed E-state index contributed by atoms with van der Waals surface area (Å²) in [4.78, 5) is 2.21. The lowest BCUT2D eigenvalue weighted by Crippen LogP contribution is -2.21. The van der Waals surface area contributed by atoms with E-state index in [1.54, 1.807) is 12.5 Å². The number of halogens is 1. The van der Waals surface area contributed by atoms with Crippen LogP contribution >= 0.6 is 11.6 Å². The zero-order chi connectivity index (χ0) is 13.9. The van der Waals surface area contributed by atoms with Crippen LogP contribution in [-0.4, -0.2) is 13.1 Å². The van der Waals surface area contributed by atoms with Crippen LogP contribution < -0.4 is 10.2 Å². The number of benzene rings is 1. The first-order valence-electron chi connectivity index (χ1n) is 6.96. The quantitative estimate of drug-likeness (QED) is 0.877. The maximum absolute atomic E-state index is 6.15. The van der Waals surface area contributed by atoms with Crippen LogP contribution in [0.25, 0.3) is 0 Å². The molecule has 0 aliphatic heterocycles. The Morgan fingerprint density at radius 2 is 2.20 bits per heavy atom. The first-order valence-corrected chi connectivity index (χ1v) is 7.34. The van der Waals surface area contributed by atoms with E-state index in [4.69, 9.17) is 16.0 Å². The molecule has 1 aliphatic rings. The van der Waals surface area contributed by atoms with E-state index in [0.29, 0.717) is 6.04 Å². The molecular formula is C16H19ClN2O. The molecule has 0 saturated heterocycles. The van der Waals surface area contributed by atoms with Gasteiger partial charge in [0.1, 0.15) is 0 Å². The molecule has 1 N–H and O–H groups in total. The topological polar surface area (TPSA) is 28.4 Å². The van der Waals surface area contributed by atoms with E-state index < -0.39 is 0 Å². The number of nitrogens with one attached hydrogen (secondary N) is 1. The molecule has 1 aliphatic carbocycles. The average Bonchev–Trinajstić information content (AvgIpc) is 3.13. The highest BCUT2D eigenvalue weighted by atomic mass is 35.5. The molecule has 0 spiro atoms. The van der Waals surface area contributed by atoms with Gasteiger partial charge in [0.15, 0.2) is 0 Å². The molecule has 106 valence electrons. The van der Waals surface area contributed by atoms with Crippen molar-refractivity contribution in [2.24, 2.45) is 0 Å². The highest BCUT2D eigenvalue weighted by molar-refractivity contribution is 6.30. The van der Waals surface area contributed by atoms with Gasteiger partial charge in [-0.2, -0.15) is 0 Å². The summed E-state index contributed by atoms with van der Waals surface area (Å²) in [5.41, 5.74) is 3.62. The minimum absolute atomic E-state index is 0.706. The van der Waals surface area contributed by atoms with Crippen molar-refractivity contribution in [2.75, 3.05) is 11.9 Å². The van der Waals surface area contributed by atoms with E-state index in [0.717, 1.165) is 23.7 Å². The van der Waals surface area contributed by atoms with E-state index in [1.807, 2.05) is 18.2 Å². The van der Waals surface area contributed by atoms with Gasteiger partial charge >= 0.3 is 0 Å². The second-order valence-electron chi connectivity index (χ2n) is 5.42. The number of anilines is 1. The zero-order valence-electron chi connectivity index (χ0n) is 11.6. The Hall–Kier alpha value is -1.45. The summed E-state index contributed by atoms with van der Waals surface area (Å²) in [6, 6.07) is 8.80. The summed E-state index contributed by atoms with van der Waals surface area (Å²) >= 11 is 6.15. The molecule has 3 nitrogen and oxygen atoms in total. The van der Waals surface area contributed by atoms with E-state index in [2.05, 4.69) is 23.3 Å². The Labute approximate surface area is 124 Å². The lowest BCUT2D eigenvalue weighted by atomic mass is 10.1. The third kappa shape index (κ3) is 3.35. The highest BCUT2D eigenvalue weighted by Gasteiger charge is 2.20. The monoisotopic (exact) mass is 290 g/mol. The zero-order valence-corrected chi connectivity index (χ0v) is 12.4. The molecule has 1 aromatic carbocycles. The van der Waals surface area contributed by atoms with Gasteiger partial charge in [0.05, 0.1) is 12.5 Å². The van der Waals surface area contributed by atoms with Crippen LogP contribution in [0.2, 0.25) is 5.02 Å². The molecule has 20 heavy (non-hydrogen) atoms. The Balaban J connectivity index is 1.76. The summed E-state index contributed by atoms with van der Waals surface area (Å²) in [5.74, 6) is 0. The third-order valence-corrected chi connectivity index (χ3v) is 3.85. The third-order valence-electron chi connectivity index (χ3n) is 3.62. The lowest BCUT2D eigenvalue weighted by Gasteiger charge is -2.22. The number of hydrogen-bond donors (Lipinski definition) is 1. The van der Waals surface area contributed by atoms with Crippen molar-refractivity contribution < 1.29 is 4.42 Å². The maximum atomic E-state index is 6.15. The second-order valence-corrected chi connectivity index (χ2v) is 5.85. The molecule has 2 aromatic rings. The van der Waals surface area contributed by atoms with E-state index >= 15 is 0 Å². The molecular weight excluding hydrogens is 272 g/mol. The molecule has 1 saturated carbocycles. The predicted molar refractivity (Wildman–Crippen MR) is 82.1 cm³/mol. The lowest BCUT2D eigenvalue weighted by molar-refractivity contribution is 0.563. The van der Waals surface area contributed by atoms with Gasteiger partial charge in [0.25, 0.3) is 0 Å². The summed E-state index contributed by atoms with van der Waals surface area (Å²) in [5, 5.41) is 4.33. The smallest absolute Gasteiger partial charge is 0.0952 e. The Morgan fingerprint density at radius 1 is 1.35 bits per heavy atom. The van der Waals surface area contributed by atoms with Crippen molar-refractivity contribution in [2.45, 2.75) is 32.0 Å². The van der Waals surface area contributed by atoms with Gasteiger partial charge in [-0.25, -0.2) is 0 Å². The van der Waals surface area contributed by atoms with Gasteiger partial charge in [0.2, 0.25) is 0 Å². The Bertz CT molecular complexity index is 564. The largest absolute Gasteiger partial charge is 0.472 e. The van der Waals surface area contributed by atoms with Crippen molar-refractivity contribution in [3.63, 3.8) is 0 Å². The standard InChI is InChI=1S/C16H19ClN2O/c1-19(10-12-6-7-20-11-12)16-8-14(17)3-2-13(16)9-18-15-4-5-15/h2-3,6-8,11,15,18H,4-5,9-10H2,1H3. The maximum Gasteiger partial charge on any atom is 0.0952 e. The number of hydrogen-bond acceptors (Lipinski definition) is 3. The van der Waals surface area contributed by atoms with E-state index in [9.17, 15) is 0 Å². The summed E-state index contributed by atoms with van der Waals surface area (Å²) < 4.78 is 5.13. The van der Waals surface area contributed by atoms with Crippen molar-refractivity contribution in [1.29, 1.82) is 0 Å². The molecule has 0 atom stereocenters. The highest BCUT2D eigenvalue weighted by Crippen LogP contribution is 2.27. The number of nitrogens with zero attached hydrogens (tertiary/aromatic N) is 1. The normalized spacial score (nSPS) is 14.5. The molecule has 1 fully saturated rings. The number of furan rings is 1. The molecule has 0 radical (unpaired) electrons. The summed E-state index contributed by atoms with van der Waals surface area (Å²) in [7, 11) is 2.08. The SMILES string of the molecule is CN(Cc1ccoc1)c1cc(Cl)ccc1CNC1CC1. The first-order chi connectivity index (χ1) is 9.72. The number of rotatable bonds is 6. The van der Waals surface area contributed by atoms with Crippen molar-refractivity contribution in [1.82, 2.24) is 5.32 Å². The fraction of sp³-hybridized carbons (Fsp3) is 0.375. The van der Waals surface area contributed by atoms with Gasteiger partial charge in [-0.05, 0) is 36.6 Å². The minimum Gasteiger partial charge on any atom is -0.472 e. The summed E-state index contributed by atoms with van der Waals surface area (Å²) in [6.45, 7) is 1.71. The van der Waals surface area contributed by atoms with Gasteiger partial charge < -0.3 is 14.6 Å². The predicted octanol–water partition coefficient (Wildman–Crippen LogP) is 3.82. The van der Waals surface area contributed by atoms with Gasteiger partial charge in [-0.3, -0.25) is 0 Å². The fourth-order valence-electron chi connectivity index (χ4n) is 2.33. The van der Waals surface area contributed by atoms with E-state index in [1.165, 1.54) is 24.1 Å². The van der Waals surface area contributed by atoms with Crippen LogP contribution in [0.1, 0.15) is 24.0 Å². The van der Waals surface area contributed by atoms with Crippen LogP contribution in [0.4, 0.5) is 5.69 Å². The molecule has 4 heteroatoms. The molecule has 3 rings (SSSR count). The van der Waals surface area contributed by atoms with Crippen molar-refractivity contribution >= 4 is 17.3 Å². The van der Waals surface area contributed by atoms with Gasteiger partial charge in [-0.15, -0.1) is 0 Å². The molecule has 0 bridgehead atoms. The molecule has 1 heterocycles.